The molecule has 19 heavy (non-hydrogen) atoms. The average molecular weight is 263 g/mol. The van der Waals surface area contributed by atoms with Crippen molar-refractivity contribution in [2.75, 3.05) is 13.1 Å². The van der Waals surface area contributed by atoms with E-state index in [0.29, 0.717) is 18.3 Å². The lowest BCUT2D eigenvalue weighted by molar-refractivity contribution is -0.123. The van der Waals surface area contributed by atoms with Crippen LogP contribution in [0.25, 0.3) is 0 Å². The van der Waals surface area contributed by atoms with E-state index in [9.17, 15) is 4.79 Å². The molecule has 4 unspecified atom stereocenters. The van der Waals surface area contributed by atoms with Gasteiger partial charge >= 0.3 is 0 Å². The van der Waals surface area contributed by atoms with Crippen LogP contribution in [0.5, 0.6) is 0 Å². The smallest absolute Gasteiger partial charge is 0.220 e. The van der Waals surface area contributed by atoms with Crippen LogP contribution in [0.4, 0.5) is 0 Å². The average Bonchev–Trinajstić information content (AvgIpc) is 2.86. The molecule has 1 amide bonds. The van der Waals surface area contributed by atoms with Crippen molar-refractivity contribution in [1.29, 1.82) is 5.26 Å². The molecule has 1 saturated carbocycles. The van der Waals surface area contributed by atoms with Gasteiger partial charge in [-0.1, -0.05) is 6.92 Å². The van der Waals surface area contributed by atoms with Crippen LogP contribution in [0.2, 0.25) is 0 Å². The largest absolute Gasteiger partial charge is 0.352 e. The second kappa shape index (κ2) is 6.91. The van der Waals surface area contributed by atoms with Crippen LogP contribution in [0.15, 0.2) is 0 Å². The number of carbonyl (C=O) groups excluding carboxylic acids is 1. The summed E-state index contributed by atoms with van der Waals surface area (Å²) in [7, 11) is 0. The summed E-state index contributed by atoms with van der Waals surface area (Å²) in [6, 6.07) is 2.40. The zero-order valence-corrected chi connectivity index (χ0v) is 11.8. The number of piperidine rings is 1. The molecule has 0 bridgehead atoms. The Kier molecular flexibility index (Phi) is 5.21. The van der Waals surface area contributed by atoms with Gasteiger partial charge in [0.15, 0.2) is 0 Å². The van der Waals surface area contributed by atoms with E-state index in [0.717, 1.165) is 32.4 Å². The molecule has 0 spiro atoms. The number of nitrogens with one attached hydrogen (secondary N) is 2. The van der Waals surface area contributed by atoms with Gasteiger partial charge in [0.25, 0.3) is 0 Å². The fourth-order valence-corrected chi connectivity index (χ4v) is 3.38. The van der Waals surface area contributed by atoms with Crippen LogP contribution in [0.3, 0.4) is 0 Å². The van der Waals surface area contributed by atoms with E-state index < -0.39 is 0 Å². The molecule has 0 aromatic rings. The summed E-state index contributed by atoms with van der Waals surface area (Å²) in [4.78, 5) is 12.1. The molecule has 0 aromatic heterocycles. The number of rotatable bonds is 4. The van der Waals surface area contributed by atoms with Gasteiger partial charge in [0.1, 0.15) is 0 Å². The minimum Gasteiger partial charge on any atom is -0.352 e. The van der Waals surface area contributed by atoms with Gasteiger partial charge in [0, 0.05) is 12.5 Å². The lowest BCUT2D eigenvalue weighted by Gasteiger charge is -2.28. The fraction of sp³-hybridized carbons (Fsp3) is 0.867. The van der Waals surface area contributed by atoms with Crippen molar-refractivity contribution in [2.24, 2.45) is 17.8 Å². The summed E-state index contributed by atoms with van der Waals surface area (Å²) in [6.45, 7) is 4.33. The maximum Gasteiger partial charge on any atom is 0.220 e. The quantitative estimate of drug-likeness (QED) is 0.813. The molecule has 0 radical (unpaired) electrons. The topological polar surface area (TPSA) is 64.9 Å². The molecule has 2 rings (SSSR count). The summed E-state index contributed by atoms with van der Waals surface area (Å²) in [5, 5.41) is 15.5. The Morgan fingerprint density at radius 2 is 2.26 bits per heavy atom. The summed E-state index contributed by atoms with van der Waals surface area (Å²) in [5.41, 5.74) is 0. The fourth-order valence-electron chi connectivity index (χ4n) is 3.38. The first-order chi connectivity index (χ1) is 9.20. The van der Waals surface area contributed by atoms with Crippen molar-refractivity contribution in [3.05, 3.63) is 0 Å². The number of nitrogens with zero attached hydrogens (tertiary/aromatic N) is 1. The van der Waals surface area contributed by atoms with E-state index in [1.165, 1.54) is 12.8 Å². The molecule has 1 aliphatic carbocycles. The number of hydrogen-bond acceptors (Lipinski definition) is 3. The Hall–Kier alpha value is -1.08. The van der Waals surface area contributed by atoms with Crippen LogP contribution >= 0.6 is 0 Å². The van der Waals surface area contributed by atoms with Crippen molar-refractivity contribution in [2.45, 2.75) is 51.5 Å². The maximum absolute atomic E-state index is 12.1. The van der Waals surface area contributed by atoms with E-state index in [2.05, 4.69) is 23.6 Å². The molecule has 106 valence electrons. The van der Waals surface area contributed by atoms with E-state index in [4.69, 9.17) is 5.26 Å². The number of carbonyl (C=O) groups is 1. The van der Waals surface area contributed by atoms with Crippen LogP contribution in [-0.2, 0) is 4.79 Å². The zero-order chi connectivity index (χ0) is 13.7. The Balaban J connectivity index is 1.75. The van der Waals surface area contributed by atoms with Gasteiger partial charge in [-0.3, -0.25) is 4.79 Å². The SMILES string of the molecule is CC(CC(=O)NC1CCCC1C#N)C1CCCNC1. The first-order valence-electron chi connectivity index (χ1n) is 7.60. The van der Waals surface area contributed by atoms with E-state index in [1.54, 1.807) is 0 Å². The minimum absolute atomic E-state index is 0.0237. The molecule has 4 heteroatoms. The minimum atomic E-state index is 0.0237. The number of amides is 1. The molecule has 1 saturated heterocycles. The third-order valence-electron chi connectivity index (χ3n) is 4.68. The second-order valence-electron chi connectivity index (χ2n) is 6.13. The Labute approximate surface area is 115 Å². The van der Waals surface area contributed by atoms with E-state index in [-0.39, 0.29) is 17.9 Å². The van der Waals surface area contributed by atoms with E-state index in [1.807, 2.05) is 0 Å². The Morgan fingerprint density at radius 1 is 1.42 bits per heavy atom. The molecular formula is C15H25N3O. The monoisotopic (exact) mass is 263 g/mol. The van der Waals surface area contributed by atoms with Gasteiger partial charge in [0.2, 0.25) is 5.91 Å². The molecule has 4 nitrogen and oxygen atoms in total. The summed E-state index contributed by atoms with van der Waals surface area (Å²) in [6.07, 6.45) is 6.00. The van der Waals surface area contributed by atoms with Gasteiger partial charge in [-0.2, -0.15) is 5.26 Å². The molecule has 2 N–H and O–H groups in total. The van der Waals surface area contributed by atoms with Crippen LogP contribution in [-0.4, -0.2) is 25.0 Å². The van der Waals surface area contributed by atoms with Gasteiger partial charge in [-0.25, -0.2) is 0 Å². The Bertz CT molecular complexity index is 344. The van der Waals surface area contributed by atoms with Crippen molar-refractivity contribution < 1.29 is 4.79 Å². The predicted molar refractivity (Wildman–Crippen MR) is 74.3 cm³/mol. The number of hydrogen-bond donors (Lipinski definition) is 2. The molecule has 2 fully saturated rings. The zero-order valence-electron chi connectivity index (χ0n) is 11.8. The molecule has 1 aliphatic heterocycles. The standard InChI is InChI=1S/C15H25N3O/c1-11(13-5-3-7-17-10-13)8-15(19)18-14-6-2-4-12(14)9-16/h11-14,17H,2-8,10H2,1H3,(H,18,19). The summed E-state index contributed by atoms with van der Waals surface area (Å²) >= 11 is 0. The van der Waals surface area contributed by atoms with Crippen LogP contribution in [0.1, 0.15) is 45.4 Å². The van der Waals surface area contributed by atoms with Gasteiger partial charge in [-0.15, -0.1) is 0 Å². The Morgan fingerprint density at radius 3 is 2.95 bits per heavy atom. The van der Waals surface area contributed by atoms with Crippen molar-refractivity contribution >= 4 is 5.91 Å². The lowest BCUT2D eigenvalue weighted by Crippen LogP contribution is -2.39. The number of nitriles is 1. The highest BCUT2D eigenvalue weighted by atomic mass is 16.1. The predicted octanol–water partition coefficient (Wildman–Crippen LogP) is 1.82. The van der Waals surface area contributed by atoms with Crippen molar-refractivity contribution in [1.82, 2.24) is 10.6 Å². The van der Waals surface area contributed by atoms with Gasteiger partial charge in [0.05, 0.1) is 12.0 Å². The first-order valence-corrected chi connectivity index (χ1v) is 7.60. The van der Waals surface area contributed by atoms with E-state index >= 15 is 0 Å². The van der Waals surface area contributed by atoms with Crippen molar-refractivity contribution in [3.63, 3.8) is 0 Å². The van der Waals surface area contributed by atoms with Crippen LogP contribution in [0, 0.1) is 29.1 Å². The molecule has 4 atom stereocenters. The van der Waals surface area contributed by atoms with Crippen LogP contribution < -0.4 is 10.6 Å². The summed E-state index contributed by atoms with van der Waals surface area (Å²) < 4.78 is 0. The summed E-state index contributed by atoms with van der Waals surface area (Å²) in [5.74, 6) is 1.20. The highest BCUT2D eigenvalue weighted by Crippen LogP contribution is 2.26. The maximum atomic E-state index is 12.1. The molecular weight excluding hydrogens is 238 g/mol. The molecule has 1 heterocycles. The van der Waals surface area contributed by atoms with Crippen molar-refractivity contribution in [3.8, 4) is 6.07 Å². The van der Waals surface area contributed by atoms with Gasteiger partial charge in [-0.05, 0) is 57.0 Å². The normalized spacial score (nSPS) is 32.5. The molecule has 0 aromatic carbocycles. The highest BCUT2D eigenvalue weighted by Gasteiger charge is 2.29. The first kappa shape index (κ1) is 14.3. The highest BCUT2D eigenvalue weighted by molar-refractivity contribution is 5.76. The third kappa shape index (κ3) is 3.94. The van der Waals surface area contributed by atoms with Gasteiger partial charge < -0.3 is 10.6 Å². The third-order valence-corrected chi connectivity index (χ3v) is 4.68. The second-order valence-corrected chi connectivity index (χ2v) is 6.13. The lowest BCUT2D eigenvalue weighted by atomic mass is 9.85. The molecule has 2 aliphatic rings.